The van der Waals surface area contributed by atoms with Gasteiger partial charge in [0.25, 0.3) is 0 Å². The first-order valence-corrected chi connectivity index (χ1v) is 12.3. The van der Waals surface area contributed by atoms with E-state index in [1.54, 1.807) is 0 Å². The van der Waals surface area contributed by atoms with Gasteiger partial charge >= 0.3 is 5.97 Å². The van der Waals surface area contributed by atoms with Crippen LogP contribution in [0.1, 0.15) is 0 Å². The number of aliphatic hydroxyl groups excluding tert-OH is 10. The molecule has 0 amide bonds. The van der Waals surface area contributed by atoms with E-state index < -0.39 is 124 Å². The molecule has 17 unspecified atom stereocenters. The summed E-state index contributed by atoms with van der Waals surface area (Å²) in [6.45, 7) is -1.34. The molecule has 40 heavy (non-hydrogen) atoms. The summed E-state index contributed by atoms with van der Waals surface area (Å²) in [7, 11) is 0. The smallest absolute Gasteiger partial charge is 0.335 e. The van der Waals surface area contributed by atoms with E-state index >= 15 is 0 Å². The second-order valence-electron chi connectivity index (χ2n) is 9.83. The fourth-order valence-corrected chi connectivity index (χ4v) is 4.60. The first-order chi connectivity index (χ1) is 18.8. The normalized spacial score (nSPS) is 52.3. The summed E-state index contributed by atoms with van der Waals surface area (Å²) in [5.41, 5.74) is 0. The van der Waals surface area contributed by atoms with Crippen molar-refractivity contribution < 1.29 is 94.1 Å². The van der Waals surface area contributed by atoms with Crippen LogP contribution in [0.3, 0.4) is 0 Å². The molecule has 0 bridgehead atoms. The third-order valence-electron chi connectivity index (χ3n) is 7.04. The lowest BCUT2D eigenvalue weighted by molar-refractivity contribution is -0.372. The van der Waals surface area contributed by atoms with Crippen LogP contribution in [-0.2, 0) is 38.0 Å². The molecular formula is C21H34O19. The number of carboxylic acid groups (broad SMARTS) is 1. The van der Waals surface area contributed by atoms with Gasteiger partial charge in [0.2, 0.25) is 0 Å². The Morgan fingerprint density at radius 1 is 0.550 bits per heavy atom. The highest BCUT2D eigenvalue weighted by Gasteiger charge is 2.52. The van der Waals surface area contributed by atoms with Crippen molar-refractivity contribution >= 4 is 5.97 Å². The van der Waals surface area contributed by atoms with Gasteiger partial charge < -0.3 is 89.3 Å². The summed E-state index contributed by atoms with van der Waals surface area (Å²) in [6, 6.07) is 0. The molecule has 0 aromatic heterocycles. The van der Waals surface area contributed by atoms with Crippen molar-refractivity contribution in [1.29, 1.82) is 0 Å². The maximum Gasteiger partial charge on any atom is 0.335 e. The predicted octanol–water partition coefficient (Wildman–Crippen LogP) is -7.74. The van der Waals surface area contributed by atoms with Gasteiger partial charge in [0.15, 0.2) is 31.3 Å². The minimum Gasteiger partial charge on any atom is -0.479 e. The maximum atomic E-state index is 11.4. The topological polar surface area (TPSA) is 304 Å². The van der Waals surface area contributed by atoms with E-state index in [1.165, 1.54) is 0 Å². The van der Waals surface area contributed by atoms with Gasteiger partial charge in [0, 0.05) is 0 Å². The fourth-order valence-electron chi connectivity index (χ4n) is 4.60. The minimum absolute atomic E-state index is 0.374. The second-order valence-corrected chi connectivity index (χ2v) is 9.83. The molecule has 0 aromatic carbocycles. The van der Waals surface area contributed by atoms with E-state index in [-0.39, 0.29) is 6.61 Å². The number of ether oxygens (including phenoxy) is 7. The standard InChI is InChI=1S/C21H34O19/c22-4-1-35-21(16(7(4)23)40-20-14(30)10(26)11(27)15(39-20)17(31)32)38-6-3-36-19(13(29)9(6)25)37-5-2-34-18(33)12(28)8(5)24/h4-16,18-30,33H,1-3H2,(H,31,32). The Labute approximate surface area is 225 Å². The molecule has 4 saturated heterocycles. The van der Waals surface area contributed by atoms with Crippen molar-refractivity contribution in [3.8, 4) is 0 Å². The number of hydrogen-bond donors (Lipinski definition) is 11. The Morgan fingerprint density at radius 2 is 1.10 bits per heavy atom. The first-order valence-electron chi connectivity index (χ1n) is 12.3. The van der Waals surface area contributed by atoms with Crippen LogP contribution in [0.25, 0.3) is 0 Å². The highest BCUT2D eigenvalue weighted by Crippen LogP contribution is 2.30. The molecule has 4 fully saturated rings. The van der Waals surface area contributed by atoms with Crippen LogP contribution in [0.2, 0.25) is 0 Å². The lowest BCUT2D eigenvalue weighted by Gasteiger charge is -2.45. The minimum atomic E-state index is -2.02. The molecule has 19 nitrogen and oxygen atoms in total. The summed E-state index contributed by atoms with van der Waals surface area (Å²) in [5, 5.41) is 110. The van der Waals surface area contributed by atoms with Gasteiger partial charge in [-0.25, -0.2) is 4.79 Å². The third kappa shape index (κ3) is 6.40. The zero-order valence-corrected chi connectivity index (χ0v) is 20.6. The molecule has 0 radical (unpaired) electrons. The van der Waals surface area contributed by atoms with Gasteiger partial charge in [-0.2, -0.15) is 0 Å². The Balaban J connectivity index is 1.40. The van der Waals surface area contributed by atoms with Gasteiger partial charge in [-0.1, -0.05) is 0 Å². The lowest BCUT2D eigenvalue weighted by atomic mass is 9.98. The third-order valence-corrected chi connectivity index (χ3v) is 7.04. The summed E-state index contributed by atoms with van der Waals surface area (Å²) < 4.78 is 37.1. The molecule has 17 atom stereocenters. The lowest BCUT2D eigenvalue weighted by Crippen LogP contribution is -2.64. The molecule has 0 spiro atoms. The number of hydrogen-bond acceptors (Lipinski definition) is 18. The van der Waals surface area contributed by atoms with E-state index in [1.807, 2.05) is 0 Å². The van der Waals surface area contributed by atoms with Gasteiger partial charge in [-0.3, -0.25) is 0 Å². The predicted molar refractivity (Wildman–Crippen MR) is 116 cm³/mol. The number of carbonyl (C=O) groups is 1. The Hall–Kier alpha value is -1.21. The highest BCUT2D eigenvalue weighted by atomic mass is 16.8. The van der Waals surface area contributed by atoms with E-state index in [4.69, 9.17) is 33.2 Å². The molecule has 4 aliphatic rings. The van der Waals surface area contributed by atoms with Crippen LogP contribution >= 0.6 is 0 Å². The van der Waals surface area contributed by atoms with E-state index in [0.29, 0.717) is 0 Å². The summed E-state index contributed by atoms with van der Waals surface area (Å²) in [5.74, 6) is -1.69. The van der Waals surface area contributed by atoms with Crippen LogP contribution in [0.4, 0.5) is 0 Å². The number of aliphatic carboxylic acids is 1. The molecule has 0 aliphatic carbocycles. The van der Waals surface area contributed by atoms with Crippen LogP contribution < -0.4 is 0 Å². The fraction of sp³-hybridized carbons (Fsp3) is 0.952. The molecule has 19 heteroatoms. The second kappa shape index (κ2) is 13.0. The van der Waals surface area contributed by atoms with Crippen molar-refractivity contribution in [3.05, 3.63) is 0 Å². The number of aliphatic hydroxyl groups is 10. The summed E-state index contributed by atoms with van der Waals surface area (Å²) in [4.78, 5) is 11.4. The molecule has 11 N–H and O–H groups in total. The SMILES string of the molecule is O=C(O)C1OC(OC2C(OC3COC(OC4COC(O)C(O)C4O)C(O)C3O)OCC(O)C2O)C(O)C(O)C1O. The number of rotatable bonds is 7. The van der Waals surface area contributed by atoms with Gasteiger partial charge in [0.05, 0.1) is 19.8 Å². The number of carboxylic acids is 1. The average Bonchev–Trinajstić information content (AvgIpc) is 2.92. The van der Waals surface area contributed by atoms with E-state index in [2.05, 4.69) is 0 Å². The molecule has 0 aromatic rings. The van der Waals surface area contributed by atoms with Gasteiger partial charge in [-0.05, 0) is 0 Å². The zero-order chi connectivity index (χ0) is 29.5. The summed E-state index contributed by atoms with van der Waals surface area (Å²) >= 11 is 0. The van der Waals surface area contributed by atoms with Crippen molar-refractivity contribution in [2.24, 2.45) is 0 Å². The molecule has 232 valence electrons. The molecule has 0 saturated carbocycles. The van der Waals surface area contributed by atoms with Crippen LogP contribution in [0, 0.1) is 0 Å². The van der Waals surface area contributed by atoms with Crippen molar-refractivity contribution in [1.82, 2.24) is 0 Å². The average molecular weight is 590 g/mol. The summed E-state index contributed by atoms with van der Waals surface area (Å²) in [6.07, 6.45) is -29.4. The van der Waals surface area contributed by atoms with Crippen molar-refractivity contribution in [2.75, 3.05) is 19.8 Å². The molecule has 4 aliphatic heterocycles. The molecule has 4 rings (SSSR count). The van der Waals surface area contributed by atoms with Gasteiger partial charge in [-0.15, -0.1) is 0 Å². The monoisotopic (exact) mass is 590 g/mol. The van der Waals surface area contributed by atoms with Crippen LogP contribution in [-0.4, -0.2) is 186 Å². The van der Waals surface area contributed by atoms with Crippen molar-refractivity contribution in [3.63, 3.8) is 0 Å². The maximum absolute atomic E-state index is 11.4. The molecular weight excluding hydrogens is 556 g/mol. The van der Waals surface area contributed by atoms with E-state index in [0.717, 1.165) is 0 Å². The zero-order valence-electron chi connectivity index (χ0n) is 20.6. The highest BCUT2D eigenvalue weighted by molar-refractivity contribution is 5.73. The molecule has 4 heterocycles. The Morgan fingerprint density at radius 3 is 1.75 bits per heavy atom. The first kappa shape index (κ1) is 31.7. The van der Waals surface area contributed by atoms with Crippen molar-refractivity contribution in [2.45, 2.75) is 105 Å². The Bertz CT molecular complexity index is 849. The largest absolute Gasteiger partial charge is 0.479 e. The van der Waals surface area contributed by atoms with E-state index in [9.17, 15) is 61.0 Å². The van der Waals surface area contributed by atoms with Gasteiger partial charge in [0.1, 0.15) is 73.2 Å². The van der Waals surface area contributed by atoms with Crippen LogP contribution in [0.15, 0.2) is 0 Å². The quantitative estimate of drug-likeness (QED) is 0.131. The Kier molecular flexibility index (Phi) is 10.3. The van der Waals surface area contributed by atoms with Crippen LogP contribution in [0.5, 0.6) is 0 Å².